The molecule has 1 aliphatic rings. The van der Waals surface area contributed by atoms with Gasteiger partial charge in [-0.15, -0.1) is 0 Å². The van der Waals surface area contributed by atoms with Crippen LogP contribution in [0.2, 0.25) is 0 Å². The van der Waals surface area contributed by atoms with E-state index in [2.05, 4.69) is 120 Å². The van der Waals surface area contributed by atoms with E-state index in [9.17, 15) is 0 Å². The van der Waals surface area contributed by atoms with Crippen molar-refractivity contribution in [3.8, 4) is 11.5 Å². The zero-order valence-electron chi connectivity index (χ0n) is 23.0. The molecular weight excluding hydrogens is 526 g/mol. The van der Waals surface area contributed by atoms with Gasteiger partial charge in [-0.25, -0.2) is 0 Å². The highest BCUT2D eigenvalue weighted by Gasteiger charge is 2.26. The smallest absolute Gasteiger partial charge is 0.151 e. The van der Waals surface area contributed by atoms with Crippen LogP contribution in [0.25, 0.3) is 65.0 Å². The van der Waals surface area contributed by atoms with Gasteiger partial charge in [0, 0.05) is 21.8 Å². The van der Waals surface area contributed by atoms with Gasteiger partial charge in [0.2, 0.25) is 0 Å². The van der Waals surface area contributed by atoms with Gasteiger partial charge in [0.15, 0.2) is 11.5 Å². The molecule has 2 heterocycles. The van der Waals surface area contributed by atoms with Crippen molar-refractivity contribution in [3.05, 3.63) is 140 Å². The third-order valence-electron chi connectivity index (χ3n) is 8.97. The van der Waals surface area contributed by atoms with Crippen molar-refractivity contribution in [1.82, 2.24) is 0 Å². The lowest BCUT2D eigenvalue weighted by Crippen LogP contribution is -2.15. The molecule has 0 radical (unpaired) electrons. The summed E-state index contributed by atoms with van der Waals surface area (Å²) in [5, 5.41) is 12.2. The SMILES string of the molecule is c1ccc2c(c1)Oc1ccccc1N2c1ccc2oc3ccc4c5cc6ccccc6cc5c5ccccc5c4c3c2c1. The molecule has 3 heteroatoms. The van der Waals surface area contributed by atoms with Crippen LogP contribution in [0.1, 0.15) is 0 Å². The number of para-hydroxylation sites is 4. The van der Waals surface area contributed by atoms with E-state index in [4.69, 9.17) is 9.15 Å². The molecule has 0 bridgehead atoms. The highest BCUT2D eigenvalue weighted by atomic mass is 16.5. The number of rotatable bonds is 1. The van der Waals surface area contributed by atoms with Crippen LogP contribution >= 0.6 is 0 Å². The quantitative estimate of drug-likeness (QED) is 0.150. The van der Waals surface area contributed by atoms with Gasteiger partial charge in [0.1, 0.15) is 11.2 Å². The van der Waals surface area contributed by atoms with Crippen LogP contribution in [-0.2, 0) is 0 Å². The number of fused-ring (bicyclic) bond motifs is 13. The van der Waals surface area contributed by atoms with E-state index in [-0.39, 0.29) is 0 Å². The van der Waals surface area contributed by atoms with Crippen LogP contribution in [0.5, 0.6) is 11.5 Å². The number of ether oxygens (including phenoxy) is 1. The molecule has 0 saturated carbocycles. The number of anilines is 3. The number of hydrogen-bond donors (Lipinski definition) is 0. The van der Waals surface area contributed by atoms with E-state index < -0.39 is 0 Å². The number of benzene rings is 8. The Labute approximate surface area is 246 Å². The van der Waals surface area contributed by atoms with Gasteiger partial charge in [-0.3, -0.25) is 0 Å². The Morgan fingerprint density at radius 3 is 1.72 bits per heavy atom. The first-order valence-electron chi connectivity index (χ1n) is 14.6. The minimum Gasteiger partial charge on any atom is -0.456 e. The molecule has 200 valence electrons. The molecule has 8 aromatic carbocycles. The highest BCUT2D eigenvalue weighted by Crippen LogP contribution is 2.51. The maximum absolute atomic E-state index is 6.53. The summed E-state index contributed by atoms with van der Waals surface area (Å²) in [6.07, 6.45) is 0. The second-order valence-corrected chi connectivity index (χ2v) is 11.3. The molecule has 0 fully saturated rings. The average molecular weight is 550 g/mol. The molecule has 1 aromatic heterocycles. The largest absolute Gasteiger partial charge is 0.456 e. The zero-order chi connectivity index (χ0) is 28.1. The Hall–Kier alpha value is -5.80. The molecule has 0 unspecified atom stereocenters. The van der Waals surface area contributed by atoms with Crippen LogP contribution in [0, 0.1) is 0 Å². The first kappa shape index (κ1) is 22.8. The number of furan rings is 1. The minimum atomic E-state index is 0.841. The topological polar surface area (TPSA) is 25.6 Å². The predicted octanol–water partition coefficient (Wildman–Crippen LogP) is 11.8. The van der Waals surface area contributed by atoms with E-state index in [0.717, 1.165) is 50.5 Å². The molecule has 0 aliphatic carbocycles. The molecule has 0 spiro atoms. The second kappa shape index (κ2) is 8.37. The zero-order valence-corrected chi connectivity index (χ0v) is 23.0. The molecule has 9 aromatic rings. The number of nitrogens with zero attached hydrogens (tertiary/aromatic N) is 1. The molecule has 3 nitrogen and oxygen atoms in total. The fourth-order valence-electron chi connectivity index (χ4n) is 7.10. The third kappa shape index (κ3) is 3.14. The molecule has 1 aliphatic heterocycles. The number of hydrogen-bond acceptors (Lipinski definition) is 3. The summed E-state index contributed by atoms with van der Waals surface area (Å²) in [5.74, 6) is 1.68. The molecule has 0 saturated heterocycles. The molecule has 43 heavy (non-hydrogen) atoms. The Morgan fingerprint density at radius 2 is 0.977 bits per heavy atom. The first-order valence-corrected chi connectivity index (χ1v) is 14.6. The van der Waals surface area contributed by atoms with E-state index in [1.165, 1.54) is 43.1 Å². The molecule has 0 N–H and O–H groups in total. The normalized spacial score (nSPS) is 12.8. The van der Waals surface area contributed by atoms with Crippen LogP contribution < -0.4 is 9.64 Å². The molecule has 0 amide bonds. The summed E-state index contributed by atoms with van der Waals surface area (Å²) in [6.45, 7) is 0. The van der Waals surface area contributed by atoms with Gasteiger partial charge in [-0.2, -0.15) is 0 Å². The monoisotopic (exact) mass is 549 g/mol. The van der Waals surface area contributed by atoms with Crippen molar-refractivity contribution in [3.63, 3.8) is 0 Å². The van der Waals surface area contributed by atoms with E-state index >= 15 is 0 Å². The third-order valence-corrected chi connectivity index (χ3v) is 8.97. The Morgan fingerprint density at radius 1 is 0.395 bits per heavy atom. The lowest BCUT2D eigenvalue weighted by molar-refractivity contribution is 0.477. The summed E-state index contributed by atoms with van der Waals surface area (Å²) in [7, 11) is 0. The maximum atomic E-state index is 6.53. The van der Waals surface area contributed by atoms with Crippen molar-refractivity contribution < 1.29 is 9.15 Å². The van der Waals surface area contributed by atoms with Gasteiger partial charge >= 0.3 is 0 Å². The second-order valence-electron chi connectivity index (χ2n) is 11.3. The minimum absolute atomic E-state index is 0.841. The first-order chi connectivity index (χ1) is 21.3. The molecule has 10 rings (SSSR count). The highest BCUT2D eigenvalue weighted by molar-refractivity contribution is 6.35. The summed E-state index contributed by atoms with van der Waals surface area (Å²) < 4.78 is 12.8. The predicted molar refractivity (Wildman–Crippen MR) is 179 cm³/mol. The van der Waals surface area contributed by atoms with Crippen molar-refractivity contribution in [2.45, 2.75) is 0 Å². The van der Waals surface area contributed by atoms with Crippen molar-refractivity contribution >= 4 is 82.1 Å². The van der Waals surface area contributed by atoms with Gasteiger partial charge in [-0.1, -0.05) is 72.8 Å². The van der Waals surface area contributed by atoms with Crippen LogP contribution in [0.15, 0.2) is 144 Å². The van der Waals surface area contributed by atoms with Crippen molar-refractivity contribution in [2.24, 2.45) is 0 Å². The Bertz CT molecular complexity index is 2570. The Kier molecular flexibility index (Phi) is 4.45. The van der Waals surface area contributed by atoms with Crippen LogP contribution in [0.3, 0.4) is 0 Å². The van der Waals surface area contributed by atoms with Gasteiger partial charge < -0.3 is 14.1 Å². The van der Waals surface area contributed by atoms with E-state index in [1.54, 1.807) is 0 Å². The van der Waals surface area contributed by atoms with Crippen molar-refractivity contribution in [2.75, 3.05) is 4.90 Å². The van der Waals surface area contributed by atoms with Crippen molar-refractivity contribution in [1.29, 1.82) is 0 Å². The maximum Gasteiger partial charge on any atom is 0.151 e. The van der Waals surface area contributed by atoms with Gasteiger partial charge in [-0.05, 0) is 104 Å². The van der Waals surface area contributed by atoms with E-state index in [0.29, 0.717) is 0 Å². The average Bonchev–Trinajstić information content (AvgIpc) is 3.44. The van der Waals surface area contributed by atoms with Crippen LogP contribution in [0.4, 0.5) is 17.1 Å². The van der Waals surface area contributed by atoms with Gasteiger partial charge in [0.05, 0.1) is 11.4 Å². The lowest BCUT2D eigenvalue weighted by atomic mass is 9.90. The van der Waals surface area contributed by atoms with Crippen LogP contribution in [-0.4, -0.2) is 0 Å². The summed E-state index contributed by atoms with van der Waals surface area (Å²) >= 11 is 0. The van der Waals surface area contributed by atoms with E-state index in [1.807, 2.05) is 24.3 Å². The standard InChI is InChI=1S/C40H23NO2/c1-2-10-25-22-31-29-18-20-38-40(39(29)28-12-4-3-11-27(28)30(31)21-24(25)9-1)32-23-26(17-19-35(32)42-38)41-33-13-5-7-15-36(33)43-37-16-8-6-14-34(37)41/h1-23H. The molecule has 0 atom stereocenters. The van der Waals surface area contributed by atoms with Gasteiger partial charge in [0.25, 0.3) is 0 Å². The fourth-order valence-corrected chi connectivity index (χ4v) is 7.10. The summed E-state index contributed by atoms with van der Waals surface area (Å²) in [6, 6.07) is 49.4. The molecular formula is C40H23NO2. The lowest BCUT2D eigenvalue weighted by Gasteiger charge is -2.32. The summed E-state index contributed by atoms with van der Waals surface area (Å²) in [5.41, 5.74) is 4.87. The Balaban J connectivity index is 1.33. The fraction of sp³-hybridized carbons (Fsp3) is 0. The summed E-state index contributed by atoms with van der Waals surface area (Å²) in [4.78, 5) is 2.29.